The molecule has 0 spiro atoms. The monoisotopic (exact) mass is 423 g/mol. The number of carbonyl (C=O) groups is 2. The molecule has 0 bridgehead atoms. The number of hydrogen-bond acceptors (Lipinski definition) is 5. The number of allylic oxidation sites excluding steroid dienone is 2. The lowest BCUT2D eigenvalue weighted by molar-refractivity contribution is -0.142. The van der Waals surface area contributed by atoms with Crippen LogP contribution in [-0.4, -0.2) is 35.2 Å². The van der Waals surface area contributed by atoms with E-state index < -0.39 is 17.9 Å². The minimum absolute atomic E-state index is 0.0312. The van der Waals surface area contributed by atoms with E-state index >= 15 is 0 Å². The second kappa shape index (κ2) is 9.69. The maximum absolute atomic E-state index is 13.1. The summed E-state index contributed by atoms with van der Waals surface area (Å²) in [5, 5.41) is 24.2. The van der Waals surface area contributed by atoms with Crippen LogP contribution in [-0.2, 0) is 16.0 Å². The van der Waals surface area contributed by atoms with Crippen LogP contribution in [0.1, 0.15) is 59.2 Å². The van der Waals surface area contributed by atoms with E-state index in [1.165, 1.54) is 18.7 Å². The quantitative estimate of drug-likeness (QED) is 0.480. The molecule has 6 nitrogen and oxygen atoms in total. The molecule has 2 aromatic rings. The fourth-order valence-electron chi connectivity index (χ4n) is 4.20. The lowest BCUT2D eigenvalue weighted by Crippen LogP contribution is -2.43. The molecule has 0 radical (unpaired) electrons. The average Bonchev–Trinajstić information content (AvgIpc) is 2.73. The largest absolute Gasteiger partial charge is 0.507 e. The average molecular weight is 424 g/mol. The lowest BCUT2D eigenvalue weighted by atomic mass is 9.83. The van der Waals surface area contributed by atoms with Gasteiger partial charge in [-0.1, -0.05) is 42.0 Å². The molecule has 0 fully saturated rings. The van der Waals surface area contributed by atoms with E-state index in [1.54, 1.807) is 6.92 Å². The van der Waals surface area contributed by atoms with Crippen LogP contribution in [0.2, 0.25) is 0 Å². The normalized spacial score (nSPS) is 16.9. The number of esters is 1. The minimum atomic E-state index is -0.909. The van der Waals surface area contributed by atoms with Crippen LogP contribution in [0.15, 0.2) is 48.0 Å². The number of aryl methyl sites for hydroxylation is 1. The Morgan fingerprint density at radius 1 is 1.19 bits per heavy atom. The van der Waals surface area contributed by atoms with E-state index in [4.69, 9.17) is 4.74 Å². The second-order valence-electron chi connectivity index (χ2n) is 8.10. The molecule has 1 unspecified atom stereocenters. The maximum Gasteiger partial charge on any atom is 0.328 e. The number of carbonyl (C=O) groups excluding carboxylic acids is 2. The molecule has 6 heteroatoms. The van der Waals surface area contributed by atoms with E-state index in [1.807, 2.05) is 43.3 Å². The summed E-state index contributed by atoms with van der Waals surface area (Å²) in [6.45, 7) is 3.66. The van der Waals surface area contributed by atoms with Gasteiger partial charge in [0.05, 0.1) is 12.7 Å². The Bertz CT molecular complexity index is 997. The van der Waals surface area contributed by atoms with Crippen LogP contribution >= 0.6 is 0 Å². The summed E-state index contributed by atoms with van der Waals surface area (Å²) >= 11 is 0. The minimum Gasteiger partial charge on any atom is -0.507 e. The molecule has 0 aliphatic heterocycles. The van der Waals surface area contributed by atoms with Crippen LogP contribution in [0, 0.1) is 6.92 Å². The zero-order chi connectivity index (χ0) is 22.5. The fourth-order valence-corrected chi connectivity index (χ4v) is 4.20. The van der Waals surface area contributed by atoms with E-state index in [0.29, 0.717) is 11.1 Å². The van der Waals surface area contributed by atoms with Gasteiger partial charge in [-0.05, 0) is 50.3 Å². The van der Waals surface area contributed by atoms with Crippen molar-refractivity contribution in [2.75, 3.05) is 7.11 Å². The number of phenolic OH excluding ortho intramolecular Hbond substituents is 2. The highest BCUT2D eigenvalue weighted by Crippen LogP contribution is 2.43. The van der Waals surface area contributed by atoms with Gasteiger partial charge in [0.1, 0.15) is 17.5 Å². The van der Waals surface area contributed by atoms with Crippen LogP contribution in [0.25, 0.3) is 0 Å². The Labute approximate surface area is 182 Å². The van der Waals surface area contributed by atoms with E-state index in [2.05, 4.69) is 5.32 Å². The van der Waals surface area contributed by atoms with Gasteiger partial charge in [0, 0.05) is 17.9 Å². The van der Waals surface area contributed by atoms with Crippen molar-refractivity contribution < 1.29 is 24.5 Å². The van der Waals surface area contributed by atoms with Gasteiger partial charge in [0.25, 0.3) is 5.91 Å². The van der Waals surface area contributed by atoms with Crippen molar-refractivity contribution in [3.63, 3.8) is 0 Å². The zero-order valence-electron chi connectivity index (χ0n) is 18.1. The summed E-state index contributed by atoms with van der Waals surface area (Å²) in [7, 11) is 1.27. The van der Waals surface area contributed by atoms with Gasteiger partial charge in [-0.15, -0.1) is 0 Å². The van der Waals surface area contributed by atoms with Gasteiger partial charge in [0.2, 0.25) is 0 Å². The van der Waals surface area contributed by atoms with E-state index in [0.717, 1.165) is 24.8 Å². The zero-order valence-corrected chi connectivity index (χ0v) is 18.1. The van der Waals surface area contributed by atoms with Gasteiger partial charge in [-0.3, -0.25) is 4.79 Å². The molecule has 3 rings (SSSR count). The second-order valence-corrected chi connectivity index (χ2v) is 8.10. The molecule has 2 aromatic carbocycles. The fraction of sp³-hybridized carbons (Fsp3) is 0.360. The topological polar surface area (TPSA) is 95.9 Å². The SMILES string of the molecule is COC(=O)[C@H](Cc1ccccc1)NC(=O)c1c(C)cc(O)c(C2C=C(C)CCC2)c1O. The molecule has 1 aliphatic carbocycles. The number of nitrogens with one attached hydrogen (secondary N) is 1. The lowest BCUT2D eigenvalue weighted by Gasteiger charge is -2.24. The first-order chi connectivity index (χ1) is 14.8. The summed E-state index contributed by atoms with van der Waals surface area (Å²) in [5.74, 6) is -1.59. The van der Waals surface area contributed by atoms with Crippen LogP contribution in [0.5, 0.6) is 11.5 Å². The van der Waals surface area contributed by atoms with Crippen molar-refractivity contribution in [1.82, 2.24) is 5.32 Å². The summed E-state index contributed by atoms with van der Waals surface area (Å²) in [6.07, 6.45) is 5.00. The number of methoxy groups -OCH3 is 1. The van der Waals surface area contributed by atoms with Crippen LogP contribution < -0.4 is 5.32 Å². The Kier molecular flexibility index (Phi) is 7.00. The van der Waals surface area contributed by atoms with Crippen molar-refractivity contribution in [3.05, 3.63) is 70.3 Å². The Hall–Kier alpha value is -3.28. The highest BCUT2D eigenvalue weighted by Gasteiger charge is 2.29. The number of amides is 1. The molecule has 0 aromatic heterocycles. The molecular weight excluding hydrogens is 394 g/mol. The van der Waals surface area contributed by atoms with Crippen molar-refractivity contribution in [3.8, 4) is 11.5 Å². The molecule has 1 aliphatic rings. The first kappa shape index (κ1) is 22.4. The number of rotatable bonds is 6. The van der Waals surface area contributed by atoms with E-state index in [9.17, 15) is 19.8 Å². The molecule has 3 N–H and O–H groups in total. The van der Waals surface area contributed by atoms with Gasteiger partial charge in [0.15, 0.2) is 0 Å². The van der Waals surface area contributed by atoms with E-state index in [-0.39, 0.29) is 29.4 Å². The number of aromatic hydroxyl groups is 2. The Balaban J connectivity index is 1.93. The van der Waals surface area contributed by atoms with Crippen LogP contribution in [0.3, 0.4) is 0 Å². The first-order valence-corrected chi connectivity index (χ1v) is 10.5. The summed E-state index contributed by atoms with van der Waals surface area (Å²) < 4.78 is 4.87. The Morgan fingerprint density at radius 2 is 1.90 bits per heavy atom. The molecule has 0 saturated heterocycles. The predicted molar refractivity (Wildman–Crippen MR) is 118 cm³/mol. The highest BCUT2D eigenvalue weighted by molar-refractivity contribution is 6.01. The Morgan fingerprint density at radius 3 is 2.55 bits per heavy atom. The standard InChI is InChI=1S/C25H29NO5/c1-15-8-7-11-18(12-15)22-20(27)13-16(2)21(23(22)28)24(29)26-19(25(30)31-3)14-17-9-5-4-6-10-17/h4-6,9-10,12-13,18-19,27-28H,7-8,11,14H2,1-3H3,(H,26,29)/t18?,19-/m0/s1. The van der Waals surface area contributed by atoms with Gasteiger partial charge >= 0.3 is 5.97 Å². The number of benzene rings is 2. The molecule has 2 atom stereocenters. The predicted octanol–water partition coefficient (Wildman–Crippen LogP) is 4.13. The summed E-state index contributed by atoms with van der Waals surface area (Å²) in [5.41, 5.74) is 2.90. The molecule has 1 amide bonds. The third-order valence-electron chi connectivity index (χ3n) is 5.76. The van der Waals surface area contributed by atoms with Crippen LogP contribution in [0.4, 0.5) is 0 Å². The third kappa shape index (κ3) is 5.08. The van der Waals surface area contributed by atoms with Gasteiger partial charge in [-0.2, -0.15) is 0 Å². The number of phenols is 2. The van der Waals surface area contributed by atoms with Crippen molar-refractivity contribution in [2.45, 2.75) is 51.5 Å². The summed E-state index contributed by atoms with van der Waals surface area (Å²) in [6, 6.07) is 9.89. The molecule has 0 saturated carbocycles. The highest BCUT2D eigenvalue weighted by atomic mass is 16.5. The van der Waals surface area contributed by atoms with Gasteiger partial charge in [-0.25, -0.2) is 4.79 Å². The smallest absolute Gasteiger partial charge is 0.328 e. The molecule has 31 heavy (non-hydrogen) atoms. The molecule has 0 heterocycles. The third-order valence-corrected chi connectivity index (χ3v) is 5.76. The molecule has 164 valence electrons. The first-order valence-electron chi connectivity index (χ1n) is 10.5. The van der Waals surface area contributed by atoms with Gasteiger partial charge < -0.3 is 20.3 Å². The van der Waals surface area contributed by atoms with Crippen molar-refractivity contribution in [1.29, 1.82) is 0 Å². The van der Waals surface area contributed by atoms with Crippen molar-refractivity contribution >= 4 is 11.9 Å². The molecular formula is C25H29NO5. The number of hydrogen-bond donors (Lipinski definition) is 3. The summed E-state index contributed by atoms with van der Waals surface area (Å²) in [4.78, 5) is 25.5. The number of ether oxygens (including phenoxy) is 1. The van der Waals surface area contributed by atoms with Crippen molar-refractivity contribution in [2.24, 2.45) is 0 Å². The maximum atomic E-state index is 13.1.